The smallest absolute Gasteiger partial charge is 0.339 e. The fraction of sp³-hybridized carbons (Fsp3) is 0.176. The van der Waals surface area contributed by atoms with Gasteiger partial charge in [0.2, 0.25) is 0 Å². The Morgan fingerprint density at radius 2 is 1.65 bits per heavy atom. The zero-order valence-electron chi connectivity index (χ0n) is 23.7. The first kappa shape index (κ1) is 29.1. The van der Waals surface area contributed by atoms with Crippen molar-refractivity contribution < 1.29 is 23.4 Å². The van der Waals surface area contributed by atoms with Gasteiger partial charge in [-0.25, -0.2) is 4.79 Å². The molecule has 0 N–H and O–H groups in total. The molecular weight excluding hydrogens is 546 g/mol. The summed E-state index contributed by atoms with van der Waals surface area (Å²) in [6.07, 6.45) is 10.00. The summed E-state index contributed by atoms with van der Waals surface area (Å²) in [5.41, 5.74) is 2.53. The maximum atomic E-state index is 12.2. The lowest BCUT2D eigenvalue weighted by Gasteiger charge is -2.10. The number of carbonyl (C=O) groups is 1. The van der Waals surface area contributed by atoms with Gasteiger partial charge >= 0.3 is 5.63 Å². The molecule has 0 aliphatic carbocycles. The first-order valence-corrected chi connectivity index (χ1v) is 13.9. The van der Waals surface area contributed by atoms with Crippen LogP contribution in [0.3, 0.4) is 0 Å². The number of ketones is 1. The highest BCUT2D eigenvalue weighted by Gasteiger charge is 2.09. The van der Waals surface area contributed by atoms with E-state index in [0.717, 1.165) is 29.4 Å². The number of aryl methyl sites for hydroxylation is 1. The van der Waals surface area contributed by atoms with Gasteiger partial charge in [0.25, 0.3) is 0 Å². The standard InChI is InChI=1S/C34H31N3O6/c1-40-33-21-26(14-17-28(38)16-13-25-9-3-2-4-10-25)15-18-31(33)42-24-27-23-37(36-35-27)19-7-8-20-41-32-22-34(39)43-30-12-6-5-11-29(30)32/h2-6,9-18,21-23H,7-8,19-20,24H2,1H3/b16-13+,17-14+. The number of para-hydroxylation sites is 1. The lowest BCUT2D eigenvalue weighted by molar-refractivity contribution is -0.110. The molecule has 2 aromatic heterocycles. The Labute approximate surface area is 248 Å². The van der Waals surface area contributed by atoms with Crippen LogP contribution in [-0.4, -0.2) is 34.5 Å². The van der Waals surface area contributed by atoms with Crippen LogP contribution in [0.25, 0.3) is 23.1 Å². The molecule has 0 amide bonds. The molecule has 2 heterocycles. The van der Waals surface area contributed by atoms with Crippen LogP contribution in [0.5, 0.6) is 17.2 Å². The molecule has 0 bridgehead atoms. The molecule has 0 radical (unpaired) electrons. The summed E-state index contributed by atoms with van der Waals surface area (Å²) < 4.78 is 24.3. The molecule has 0 spiro atoms. The second-order valence-corrected chi connectivity index (χ2v) is 9.63. The number of rotatable bonds is 14. The van der Waals surface area contributed by atoms with Crippen LogP contribution < -0.4 is 19.8 Å². The Morgan fingerprint density at radius 1 is 0.860 bits per heavy atom. The number of methoxy groups -OCH3 is 1. The Kier molecular flexibility index (Phi) is 9.77. The SMILES string of the molecule is COc1cc(/C=C/C(=O)/C=C/c2ccccc2)ccc1OCc1cn(CCCCOc2cc(=O)oc3ccccc23)nn1. The molecule has 5 rings (SSSR count). The number of hydrogen-bond acceptors (Lipinski definition) is 8. The minimum Gasteiger partial charge on any atom is -0.493 e. The third-order valence-electron chi connectivity index (χ3n) is 6.48. The van der Waals surface area contributed by atoms with Crippen molar-refractivity contribution in [1.29, 1.82) is 0 Å². The summed E-state index contributed by atoms with van der Waals surface area (Å²) in [6, 6.07) is 23.8. The lowest BCUT2D eigenvalue weighted by atomic mass is 10.1. The summed E-state index contributed by atoms with van der Waals surface area (Å²) in [5.74, 6) is 1.52. The van der Waals surface area contributed by atoms with E-state index in [1.165, 1.54) is 18.2 Å². The van der Waals surface area contributed by atoms with Crippen LogP contribution in [0.1, 0.15) is 29.7 Å². The molecule has 0 saturated carbocycles. The summed E-state index contributed by atoms with van der Waals surface area (Å²) in [7, 11) is 1.57. The number of carbonyl (C=O) groups excluding carboxylic acids is 1. The van der Waals surface area contributed by atoms with E-state index in [4.69, 9.17) is 18.6 Å². The van der Waals surface area contributed by atoms with Crippen molar-refractivity contribution in [2.45, 2.75) is 26.0 Å². The molecule has 9 heteroatoms. The van der Waals surface area contributed by atoms with Gasteiger partial charge in [-0.1, -0.05) is 65.9 Å². The van der Waals surface area contributed by atoms with E-state index in [1.54, 1.807) is 36.1 Å². The molecule has 9 nitrogen and oxygen atoms in total. The zero-order chi connectivity index (χ0) is 29.9. The second kappa shape index (κ2) is 14.5. The lowest BCUT2D eigenvalue weighted by Crippen LogP contribution is -2.05. The maximum Gasteiger partial charge on any atom is 0.339 e. The number of aromatic nitrogens is 3. The van der Waals surface area contributed by atoms with Crippen molar-refractivity contribution in [3.05, 3.63) is 124 Å². The molecule has 0 atom stereocenters. The van der Waals surface area contributed by atoms with Gasteiger partial charge in [0.05, 0.1) is 31.4 Å². The summed E-state index contributed by atoms with van der Waals surface area (Å²) in [6.45, 7) is 1.35. The maximum absolute atomic E-state index is 12.2. The Bertz CT molecular complexity index is 1790. The molecule has 218 valence electrons. The molecule has 0 unspecified atom stereocenters. The van der Waals surface area contributed by atoms with E-state index in [9.17, 15) is 9.59 Å². The number of unbranched alkanes of at least 4 members (excludes halogenated alkanes) is 1. The first-order valence-electron chi connectivity index (χ1n) is 13.9. The van der Waals surface area contributed by atoms with Gasteiger partial charge in [-0.05, 0) is 60.4 Å². The average Bonchev–Trinajstić information content (AvgIpc) is 3.49. The van der Waals surface area contributed by atoms with E-state index in [-0.39, 0.29) is 12.4 Å². The second-order valence-electron chi connectivity index (χ2n) is 9.63. The average molecular weight is 578 g/mol. The van der Waals surface area contributed by atoms with Crippen molar-refractivity contribution >= 4 is 28.9 Å². The van der Waals surface area contributed by atoms with Gasteiger partial charge in [-0.15, -0.1) is 5.10 Å². The highest BCUT2D eigenvalue weighted by Crippen LogP contribution is 2.29. The molecule has 43 heavy (non-hydrogen) atoms. The minimum absolute atomic E-state index is 0.113. The van der Waals surface area contributed by atoms with Gasteiger partial charge in [0.15, 0.2) is 17.3 Å². The predicted octanol–water partition coefficient (Wildman–Crippen LogP) is 6.13. The zero-order valence-corrected chi connectivity index (χ0v) is 23.7. The number of allylic oxidation sites excluding steroid dienone is 2. The van der Waals surface area contributed by atoms with Crippen LogP contribution in [0, 0.1) is 0 Å². The third kappa shape index (κ3) is 8.29. The third-order valence-corrected chi connectivity index (χ3v) is 6.48. The monoisotopic (exact) mass is 577 g/mol. The van der Waals surface area contributed by atoms with Crippen molar-refractivity contribution in [3.63, 3.8) is 0 Å². The van der Waals surface area contributed by atoms with Crippen LogP contribution in [0.2, 0.25) is 0 Å². The van der Waals surface area contributed by atoms with Gasteiger partial charge in [-0.2, -0.15) is 0 Å². The Hall–Kier alpha value is -5.44. The molecule has 0 fully saturated rings. The fourth-order valence-electron chi connectivity index (χ4n) is 4.31. The predicted molar refractivity (Wildman–Crippen MR) is 164 cm³/mol. The van der Waals surface area contributed by atoms with Crippen LogP contribution in [-0.2, 0) is 17.9 Å². The molecular formula is C34H31N3O6. The topological polar surface area (TPSA) is 106 Å². The number of benzene rings is 3. The molecule has 5 aromatic rings. The largest absolute Gasteiger partial charge is 0.493 e. The number of ether oxygens (including phenoxy) is 3. The van der Waals surface area contributed by atoms with Crippen LogP contribution >= 0.6 is 0 Å². The minimum atomic E-state index is -0.434. The van der Waals surface area contributed by atoms with E-state index in [2.05, 4.69) is 10.3 Å². The fourth-order valence-corrected chi connectivity index (χ4v) is 4.31. The summed E-state index contributed by atoms with van der Waals surface area (Å²) >= 11 is 0. The van der Waals surface area contributed by atoms with Gasteiger partial charge in [-0.3, -0.25) is 9.48 Å². The molecule has 0 saturated heterocycles. The quantitative estimate of drug-likeness (QED) is 0.0882. The van der Waals surface area contributed by atoms with E-state index in [0.29, 0.717) is 41.7 Å². The van der Waals surface area contributed by atoms with Crippen molar-refractivity contribution in [1.82, 2.24) is 15.0 Å². The van der Waals surface area contributed by atoms with Gasteiger partial charge in [0, 0.05) is 6.54 Å². The highest BCUT2D eigenvalue weighted by molar-refractivity contribution is 6.04. The van der Waals surface area contributed by atoms with Crippen LogP contribution in [0.4, 0.5) is 0 Å². The van der Waals surface area contributed by atoms with Crippen molar-refractivity contribution in [2.24, 2.45) is 0 Å². The molecule has 0 aliphatic rings. The molecule has 0 aliphatic heterocycles. The number of fused-ring (bicyclic) bond motifs is 1. The Balaban J connectivity index is 1.07. The number of hydrogen-bond donors (Lipinski definition) is 0. The molecule has 3 aromatic carbocycles. The summed E-state index contributed by atoms with van der Waals surface area (Å²) in [5, 5.41) is 9.15. The Morgan fingerprint density at radius 3 is 2.49 bits per heavy atom. The van der Waals surface area contributed by atoms with Crippen molar-refractivity contribution in [2.75, 3.05) is 13.7 Å². The van der Waals surface area contributed by atoms with E-state index in [1.807, 2.05) is 66.9 Å². The van der Waals surface area contributed by atoms with Crippen LogP contribution in [0.15, 0.2) is 106 Å². The van der Waals surface area contributed by atoms with E-state index >= 15 is 0 Å². The first-order chi connectivity index (χ1) is 21.1. The van der Waals surface area contributed by atoms with E-state index < -0.39 is 5.63 Å². The van der Waals surface area contributed by atoms with Gasteiger partial charge < -0.3 is 18.6 Å². The highest BCUT2D eigenvalue weighted by atomic mass is 16.5. The number of nitrogens with zero attached hydrogens (tertiary/aromatic N) is 3. The van der Waals surface area contributed by atoms with Gasteiger partial charge in [0.1, 0.15) is 23.6 Å². The normalized spacial score (nSPS) is 11.4. The summed E-state index contributed by atoms with van der Waals surface area (Å²) in [4.78, 5) is 24.0. The van der Waals surface area contributed by atoms with Crippen molar-refractivity contribution in [3.8, 4) is 17.2 Å².